The van der Waals surface area contributed by atoms with Crippen molar-refractivity contribution in [3.8, 4) is 5.88 Å². The number of carbonyl (C=O) groups excluding carboxylic acids is 1. The van der Waals surface area contributed by atoms with Gasteiger partial charge >= 0.3 is 12.1 Å². The SMILES string of the molecule is O=C(O)C1CC2CCCCC2N1C(=O)c1ccnc(OCC(F)(F)F)c1. The lowest BCUT2D eigenvalue weighted by Crippen LogP contribution is -2.46. The van der Waals surface area contributed by atoms with Crippen LogP contribution in [0.15, 0.2) is 18.3 Å². The van der Waals surface area contributed by atoms with Crippen LogP contribution in [-0.2, 0) is 4.79 Å². The topological polar surface area (TPSA) is 79.7 Å². The molecule has 1 aliphatic heterocycles. The fraction of sp³-hybridized carbons (Fsp3) is 0.588. The molecule has 0 bridgehead atoms. The largest absolute Gasteiger partial charge is 0.480 e. The monoisotopic (exact) mass is 372 g/mol. The van der Waals surface area contributed by atoms with Crippen LogP contribution in [0.5, 0.6) is 5.88 Å². The average molecular weight is 372 g/mol. The summed E-state index contributed by atoms with van der Waals surface area (Å²) < 4.78 is 41.4. The number of carboxylic acids is 1. The predicted octanol–water partition coefficient (Wildman–Crippen LogP) is 2.88. The molecule has 3 atom stereocenters. The number of amides is 1. The van der Waals surface area contributed by atoms with Gasteiger partial charge in [0.25, 0.3) is 5.91 Å². The third-order valence-corrected chi connectivity index (χ3v) is 4.97. The molecular weight excluding hydrogens is 353 g/mol. The maximum atomic E-state index is 12.9. The van der Waals surface area contributed by atoms with Gasteiger partial charge in [-0.3, -0.25) is 4.79 Å². The van der Waals surface area contributed by atoms with Crippen molar-refractivity contribution in [1.82, 2.24) is 9.88 Å². The predicted molar refractivity (Wildman–Crippen MR) is 83.7 cm³/mol. The molecule has 0 aromatic carbocycles. The number of aliphatic carboxylic acids is 1. The van der Waals surface area contributed by atoms with Crippen LogP contribution >= 0.6 is 0 Å². The van der Waals surface area contributed by atoms with Crippen molar-refractivity contribution in [1.29, 1.82) is 0 Å². The number of nitrogens with zero attached hydrogens (tertiary/aromatic N) is 2. The molecule has 26 heavy (non-hydrogen) atoms. The molecule has 9 heteroatoms. The molecule has 1 aliphatic carbocycles. The number of carboxylic acid groups (broad SMARTS) is 1. The van der Waals surface area contributed by atoms with E-state index >= 15 is 0 Å². The Labute approximate surface area is 148 Å². The van der Waals surface area contributed by atoms with Gasteiger partial charge in [-0.05, 0) is 31.2 Å². The fourth-order valence-electron chi connectivity index (χ4n) is 3.90. The van der Waals surface area contributed by atoms with E-state index in [2.05, 4.69) is 9.72 Å². The number of pyridine rings is 1. The summed E-state index contributed by atoms with van der Waals surface area (Å²) in [6, 6.07) is 1.43. The Morgan fingerprint density at radius 3 is 2.73 bits per heavy atom. The van der Waals surface area contributed by atoms with E-state index in [0.29, 0.717) is 6.42 Å². The van der Waals surface area contributed by atoms with Gasteiger partial charge in [0, 0.05) is 23.9 Å². The van der Waals surface area contributed by atoms with Crippen molar-refractivity contribution in [3.05, 3.63) is 23.9 Å². The van der Waals surface area contributed by atoms with Gasteiger partial charge in [-0.25, -0.2) is 9.78 Å². The summed E-state index contributed by atoms with van der Waals surface area (Å²) in [5, 5.41) is 9.50. The second-order valence-electron chi connectivity index (χ2n) is 6.70. The number of halogens is 3. The molecule has 0 radical (unpaired) electrons. The zero-order valence-electron chi connectivity index (χ0n) is 13.9. The van der Waals surface area contributed by atoms with Crippen LogP contribution in [0.25, 0.3) is 0 Å². The maximum absolute atomic E-state index is 12.9. The van der Waals surface area contributed by atoms with Crippen LogP contribution in [0.2, 0.25) is 0 Å². The number of hydrogen-bond acceptors (Lipinski definition) is 4. The van der Waals surface area contributed by atoms with Gasteiger partial charge < -0.3 is 14.7 Å². The van der Waals surface area contributed by atoms with Crippen LogP contribution in [0.3, 0.4) is 0 Å². The lowest BCUT2D eigenvalue weighted by atomic mass is 9.84. The van der Waals surface area contributed by atoms with E-state index in [1.54, 1.807) is 0 Å². The van der Waals surface area contributed by atoms with Gasteiger partial charge in [-0.15, -0.1) is 0 Å². The molecule has 142 valence electrons. The van der Waals surface area contributed by atoms with Crippen molar-refractivity contribution in [3.63, 3.8) is 0 Å². The number of likely N-dealkylation sites (tertiary alicyclic amines) is 1. The summed E-state index contributed by atoms with van der Waals surface area (Å²) in [5.74, 6) is -1.74. The molecule has 1 amide bonds. The molecule has 1 saturated carbocycles. The molecule has 2 aliphatic rings. The molecule has 1 aromatic heterocycles. The second kappa shape index (κ2) is 7.13. The molecule has 2 fully saturated rings. The number of aromatic nitrogens is 1. The van der Waals surface area contributed by atoms with Crippen molar-refractivity contribution in [2.45, 2.75) is 50.4 Å². The summed E-state index contributed by atoms with van der Waals surface area (Å²) in [7, 11) is 0. The van der Waals surface area contributed by atoms with Crippen LogP contribution in [0.1, 0.15) is 42.5 Å². The molecule has 3 rings (SSSR count). The average Bonchev–Trinajstić information content (AvgIpc) is 2.99. The zero-order valence-corrected chi connectivity index (χ0v) is 13.9. The minimum Gasteiger partial charge on any atom is -0.480 e. The maximum Gasteiger partial charge on any atom is 0.422 e. The highest BCUT2D eigenvalue weighted by molar-refractivity contribution is 5.97. The second-order valence-corrected chi connectivity index (χ2v) is 6.70. The minimum absolute atomic E-state index is 0.0784. The highest BCUT2D eigenvalue weighted by Crippen LogP contribution is 2.40. The van der Waals surface area contributed by atoms with Gasteiger partial charge in [-0.1, -0.05) is 12.8 Å². The van der Waals surface area contributed by atoms with Gasteiger partial charge in [-0.2, -0.15) is 13.2 Å². The smallest absolute Gasteiger partial charge is 0.422 e. The first-order valence-electron chi connectivity index (χ1n) is 8.47. The van der Waals surface area contributed by atoms with Crippen molar-refractivity contribution in [2.24, 2.45) is 5.92 Å². The lowest BCUT2D eigenvalue weighted by Gasteiger charge is -2.33. The Hall–Kier alpha value is -2.32. The number of ether oxygens (including phenoxy) is 1. The number of hydrogen-bond donors (Lipinski definition) is 1. The Morgan fingerprint density at radius 2 is 2.04 bits per heavy atom. The third kappa shape index (κ3) is 3.91. The molecule has 1 aromatic rings. The molecule has 3 unspecified atom stereocenters. The fourth-order valence-corrected chi connectivity index (χ4v) is 3.90. The zero-order chi connectivity index (χ0) is 18.9. The van der Waals surface area contributed by atoms with E-state index in [0.717, 1.165) is 31.7 Å². The number of alkyl halides is 3. The van der Waals surface area contributed by atoms with Crippen LogP contribution in [0.4, 0.5) is 13.2 Å². The third-order valence-electron chi connectivity index (χ3n) is 4.97. The van der Waals surface area contributed by atoms with E-state index in [-0.39, 0.29) is 23.4 Å². The standard InChI is InChI=1S/C17H19F3N2O4/c18-17(19,20)9-26-14-8-11(5-6-21-14)15(23)22-12-4-2-1-3-10(12)7-13(22)16(24)25/h5-6,8,10,12-13H,1-4,7,9H2,(H,24,25). The molecule has 1 N–H and O–H groups in total. The van der Waals surface area contributed by atoms with Crippen molar-refractivity contribution < 1.29 is 32.6 Å². The van der Waals surface area contributed by atoms with E-state index < -0.39 is 30.7 Å². The van der Waals surface area contributed by atoms with Gasteiger partial charge in [0.1, 0.15) is 6.04 Å². The first kappa shape index (κ1) is 18.5. The van der Waals surface area contributed by atoms with Gasteiger partial charge in [0.2, 0.25) is 5.88 Å². The number of fused-ring (bicyclic) bond motifs is 1. The van der Waals surface area contributed by atoms with Crippen LogP contribution in [0, 0.1) is 5.92 Å². The van der Waals surface area contributed by atoms with E-state index in [9.17, 15) is 27.9 Å². The first-order chi connectivity index (χ1) is 12.3. The minimum atomic E-state index is -4.51. The molecule has 2 heterocycles. The van der Waals surface area contributed by atoms with Gasteiger partial charge in [0.05, 0.1) is 0 Å². The lowest BCUT2D eigenvalue weighted by molar-refractivity contribution is -0.154. The summed E-state index contributed by atoms with van der Waals surface area (Å²) >= 11 is 0. The molecule has 1 saturated heterocycles. The van der Waals surface area contributed by atoms with E-state index in [4.69, 9.17) is 0 Å². The van der Waals surface area contributed by atoms with E-state index in [1.807, 2.05) is 0 Å². The van der Waals surface area contributed by atoms with Crippen LogP contribution in [-0.4, -0.2) is 51.7 Å². The number of carbonyl (C=O) groups is 2. The Kier molecular flexibility index (Phi) is 5.06. The van der Waals surface area contributed by atoms with E-state index in [1.165, 1.54) is 17.2 Å². The summed E-state index contributed by atoms with van der Waals surface area (Å²) in [5.41, 5.74) is 0.0784. The quantitative estimate of drug-likeness (QED) is 0.879. The summed E-state index contributed by atoms with van der Waals surface area (Å²) in [6.07, 6.45) is 0.642. The Bertz CT molecular complexity index is 695. The Balaban J connectivity index is 1.81. The van der Waals surface area contributed by atoms with Crippen molar-refractivity contribution in [2.75, 3.05) is 6.61 Å². The summed E-state index contributed by atoms with van der Waals surface area (Å²) in [6.45, 7) is -1.51. The first-order valence-corrected chi connectivity index (χ1v) is 8.47. The van der Waals surface area contributed by atoms with Gasteiger partial charge in [0.15, 0.2) is 6.61 Å². The molecular formula is C17H19F3N2O4. The molecule has 0 spiro atoms. The number of rotatable bonds is 4. The molecule has 6 nitrogen and oxygen atoms in total. The summed E-state index contributed by atoms with van der Waals surface area (Å²) in [4.78, 5) is 29.6. The highest BCUT2D eigenvalue weighted by atomic mass is 19.4. The Morgan fingerprint density at radius 1 is 1.31 bits per heavy atom. The normalized spacial score (nSPS) is 25.7. The highest BCUT2D eigenvalue weighted by Gasteiger charge is 2.47. The van der Waals surface area contributed by atoms with Crippen molar-refractivity contribution >= 4 is 11.9 Å². The van der Waals surface area contributed by atoms with Crippen LogP contribution < -0.4 is 4.74 Å².